The van der Waals surface area contributed by atoms with Crippen LogP contribution in [0.5, 0.6) is 11.5 Å². The van der Waals surface area contributed by atoms with Crippen molar-refractivity contribution in [3.05, 3.63) is 23.8 Å². The molecule has 6 nitrogen and oxygen atoms in total. The van der Waals surface area contributed by atoms with Gasteiger partial charge in [0.25, 0.3) is 0 Å². The van der Waals surface area contributed by atoms with E-state index in [1.54, 1.807) is 14.2 Å². The minimum atomic E-state index is 0.0806. The van der Waals surface area contributed by atoms with Gasteiger partial charge in [0, 0.05) is 32.6 Å². The molecule has 25 heavy (non-hydrogen) atoms. The first kappa shape index (κ1) is 19.1. The number of carbonyl (C=O) groups excluding carboxylic acids is 2. The first-order chi connectivity index (χ1) is 12.1. The van der Waals surface area contributed by atoms with Gasteiger partial charge in [-0.3, -0.25) is 9.59 Å². The third-order valence-corrected chi connectivity index (χ3v) is 4.47. The Balaban J connectivity index is 1.96. The fourth-order valence-electron chi connectivity index (χ4n) is 3.07. The molecule has 1 saturated heterocycles. The molecule has 1 aliphatic heterocycles. The van der Waals surface area contributed by atoms with Crippen LogP contribution in [-0.4, -0.2) is 62.0 Å². The summed E-state index contributed by atoms with van der Waals surface area (Å²) in [5, 5.41) is 0. The third-order valence-electron chi connectivity index (χ3n) is 4.47. The predicted octanol–water partition coefficient (Wildman–Crippen LogP) is 2.11. The number of hydrogen-bond donors (Lipinski definition) is 0. The largest absolute Gasteiger partial charge is 0.493 e. The number of hydrogen-bond acceptors (Lipinski definition) is 4. The molecule has 0 bridgehead atoms. The Hall–Kier alpha value is -2.24. The average Bonchev–Trinajstić information content (AvgIpc) is 2.88. The Morgan fingerprint density at radius 2 is 1.60 bits per heavy atom. The van der Waals surface area contributed by atoms with E-state index < -0.39 is 0 Å². The van der Waals surface area contributed by atoms with Crippen molar-refractivity contribution in [1.82, 2.24) is 9.80 Å². The number of amides is 2. The monoisotopic (exact) mass is 348 g/mol. The van der Waals surface area contributed by atoms with E-state index in [4.69, 9.17) is 9.47 Å². The van der Waals surface area contributed by atoms with Gasteiger partial charge in [-0.1, -0.05) is 13.0 Å². The van der Waals surface area contributed by atoms with Gasteiger partial charge in [0.15, 0.2) is 11.5 Å². The number of carbonyl (C=O) groups is 2. The molecule has 1 fully saturated rings. The maximum Gasteiger partial charge on any atom is 0.227 e. The summed E-state index contributed by atoms with van der Waals surface area (Å²) >= 11 is 0. The molecule has 1 aliphatic rings. The van der Waals surface area contributed by atoms with Crippen molar-refractivity contribution in [2.75, 3.05) is 40.4 Å². The summed E-state index contributed by atoms with van der Waals surface area (Å²) in [7, 11) is 3.17. The first-order valence-electron chi connectivity index (χ1n) is 8.85. The second-order valence-electron chi connectivity index (χ2n) is 6.23. The summed E-state index contributed by atoms with van der Waals surface area (Å²) in [6.45, 7) is 4.66. The highest BCUT2D eigenvalue weighted by Gasteiger charge is 2.21. The molecule has 6 heteroatoms. The summed E-state index contributed by atoms with van der Waals surface area (Å²) in [5.74, 6) is 1.55. The second-order valence-corrected chi connectivity index (χ2v) is 6.23. The average molecular weight is 348 g/mol. The van der Waals surface area contributed by atoms with Gasteiger partial charge in [-0.25, -0.2) is 0 Å². The highest BCUT2D eigenvalue weighted by atomic mass is 16.5. The van der Waals surface area contributed by atoms with Gasteiger partial charge >= 0.3 is 0 Å². The number of methoxy groups -OCH3 is 2. The highest BCUT2D eigenvalue weighted by Crippen LogP contribution is 2.27. The Morgan fingerprint density at radius 1 is 0.960 bits per heavy atom. The lowest BCUT2D eigenvalue weighted by Crippen LogP contribution is -2.37. The molecular weight excluding hydrogens is 320 g/mol. The Kier molecular flexibility index (Phi) is 7.10. The van der Waals surface area contributed by atoms with Gasteiger partial charge in [0.05, 0.1) is 20.6 Å². The van der Waals surface area contributed by atoms with Gasteiger partial charge in [-0.05, 0) is 30.5 Å². The molecule has 0 radical (unpaired) electrons. The molecule has 0 aromatic heterocycles. The number of ether oxygens (including phenoxy) is 2. The SMILES string of the molecule is CCCC(=O)N1CCCN(C(=O)Cc2ccc(OC)c(OC)c2)CC1. The van der Waals surface area contributed by atoms with Crippen LogP contribution in [0.2, 0.25) is 0 Å². The van der Waals surface area contributed by atoms with Crippen molar-refractivity contribution in [2.24, 2.45) is 0 Å². The van der Waals surface area contributed by atoms with Crippen LogP contribution in [0.1, 0.15) is 31.7 Å². The third kappa shape index (κ3) is 5.11. The molecule has 1 aromatic carbocycles. The van der Waals surface area contributed by atoms with Crippen LogP contribution >= 0.6 is 0 Å². The molecule has 0 aliphatic carbocycles. The van der Waals surface area contributed by atoms with Gasteiger partial charge in [-0.2, -0.15) is 0 Å². The zero-order chi connectivity index (χ0) is 18.2. The molecule has 0 unspecified atom stereocenters. The first-order valence-corrected chi connectivity index (χ1v) is 8.85. The fraction of sp³-hybridized carbons (Fsp3) is 0.579. The van der Waals surface area contributed by atoms with Crippen LogP contribution in [0.3, 0.4) is 0 Å². The van der Waals surface area contributed by atoms with Crippen LogP contribution in [0.25, 0.3) is 0 Å². The van der Waals surface area contributed by atoms with E-state index in [0.29, 0.717) is 44.0 Å². The highest BCUT2D eigenvalue weighted by molar-refractivity contribution is 5.79. The normalized spacial score (nSPS) is 14.8. The van der Waals surface area contributed by atoms with Crippen molar-refractivity contribution in [1.29, 1.82) is 0 Å². The molecule has 138 valence electrons. The maximum atomic E-state index is 12.6. The van der Waals surface area contributed by atoms with Gasteiger partial charge in [0.1, 0.15) is 0 Å². The summed E-state index contributed by atoms with van der Waals surface area (Å²) < 4.78 is 10.5. The number of nitrogens with zero attached hydrogens (tertiary/aromatic N) is 2. The summed E-state index contributed by atoms with van der Waals surface area (Å²) in [5.41, 5.74) is 0.894. The lowest BCUT2D eigenvalue weighted by atomic mass is 10.1. The van der Waals surface area contributed by atoms with E-state index in [1.807, 2.05) is 34.9 Å². The smallest absolute Gasteiger partial charge is 0.227 e. The predicted molar refractivity (Wildman–Crippen MR) is 95.9 cm³/mol. The van der Waals surface area contributed by atoms with Gasteiger partial charge < -0.3 is 19.3 Å². The Bertz CT molecular complexity index is 603. The molecule has 0 atom stereocenters. The summed E-state index contributed by atoms with van der Waals surface area (Å²) in [4.78, 5) is 28.4. The minimum Gasteiger partial charge on any atom is -0.493 e. The van der Waals surface area contributed by atoms with Crippen LogP contribution < -0.4 is 9.47 Å². The zero-order valence-electron chi connectivity index (χ0n) is 15.4. The van der Waals surface area contributed by atoms with Crippen LogP contribution in [-0.2, 0) is 16.0 Å². The summed E-state index contributed by atoms with van der Waals surface area (Å²) in [6, 6.07) is 5.54. The van der Waals surface area contributed by atoms with Gasteiger partial charge in [-0.15, -0.1) is 0 Å². The maximum absolute atomic E-state index is 12.6. The fourth-order valence-corrected chi connectivity index (χ4v) is 3.07. The van der Waals surface area contributed by atoms with Crippen molar-refractivity contribution in [3.8, 4) is 11.5 Å². The van der Waals surface area contributed by atoms with Crippen LogP contribution in [0.4, 0.5) is 0 Å². The Labute approximate surface area is 149 Å². The van der Waals surface area contributed by atoms with E-state index in [1.165, 1.54) is 0 Å². The quantitative estimate of drug-likeness (QED) is 0.790. The van der Waals surface area contributed by atoms with Crippen LogP contribution in [0, 0.1) is 0 Å². The van der Waals surface area contributed by atoms with E-state index in [9.17, 15) is 9.59 Å². The minimum absolute atomic E-state index is 0.0806. The standard InChI is InChI=1S/C19H28N2O4/c1-4-6-18(22)20-9-5-10-21(12-11-20)19(23)14-15-7-8-16(24-2)17(13-15)25-3/h7-8,13H,4-6,9-12,14H2,1-3H3. The van der Waals surface area contributed by atoms with Crippen molar-refractivity contribution >= 4 is 11.8 Å². The van der Waals surface area contributed by atoms with E-state index in [0.717, 1.165) is 24.9 Å². The van der Waals surface area contributed by atoms with Crippen molar-refractivity contribution in [2.45, 2.75) is 32.6 Å². The topological polar surface area (TPSA) is 59.1 Å². The molecule has 0 saturated carbocycles. The lowest BCUT2D eigenvalue weighted by Gasteiger charge is -2.22. The second kappa shape index (κ2) is 9.30. The number of rotatable bonds is 6. The molecule has 1 heterocycles. The van der Waals surface area contributed by atoms with Gasteiger partial charge in [0.2, 0.25) is 11.8 Å². The number of benzene rings is 1. The van der Waals surface area contributed by atoms with E-state index >= 15 is 0 Å². The Morgan fingerprint density at radius 3 is 2.20 bits per heavy atom. The molecule has 0 spiro atoms. The summed E-state index contributed by atoms with van der Waals surface area (Å²) in [6.07, 6.45) is 2.59. The molecule has 2 amide bonds. The zero-order valence-corrected chi connectivity index (χ0v) is 15.4. The van der Waals surface area contributed by atoms with E-state index in [-0.39, 0.29) is 11.8 Å². The molecule has 2 rings (SSSR count). The van der Waals surface area contributed by atoms with Crippen LogP contribution in [0.15, 0.2) is 18.2 Å². The lowest BCUT2D eigenvalue weighted by molar-refractivity contribution is -0.133. The van der Waals surface area contributed by atoms with Crippen molar-refractivity contribution in [3.63, 3.8) is 0 Å². The molecular formula is C19H28N2O4. The van der Waals surface area contributed by atoms with Crippen molar-refractivity contribution < 1.29 is 19.1 Å². The molecule has 0 N–H and O–H groups in total. The molecule has 1 aromatic rings. The van der Waals surface area contributed by atoms with E-state index in [2.05, 4.69) is 0 Å².